The van der Waals surface area contributed by atoms with Gasteiger partial charge in [0.2, 0.25) is 0 Å². The predicted octanol–water partition coefficient (Wildman–Crippen LogP) is 3.88. The number of hydrogen-bond acceptors (Lipinski definition) is 3. The first kappa shape index (κ1) is 16.1. The molecule has 0 bridgehead atoms. The molecule has 1 heterocycles. The molecule has 0 fully saturated rings. The van der Waals surface area contributed by atoms with Gasteiger partial charge in [0.05, 0.1) is 13.2 Å². The highest BCUT2D eigenvalue weighted by atomic mass is 16.5. The Balaban J connectivity index is 1.74. The molecule has 0 aliphatic rings. The third kappa shape index (κ3) is 3.97. The van der Waals surface area contributed by atoms with Crippen molar-refractivity contribution in [2.45, 2.75) is 19.1 Å². The number of aromatic nitrogens is 1. The molecule has 0 amide bonds. The molecule has 4 nitrogen and oxygen atoms in total. The summed E-state index contributed by atoms with van der Waals surface area (Å²) in [6.45, 7) is 0.452. The quantitative estimate of drug-likeness (QED) is 0.694. The zero-order valence-corrected chi connectivity index (χ0v) is 13.6. The number of nitrogens with one attached hydrogen (secondary N) is 1. The van der Waals surface area contributed by atoms with Crippen LogP contribution in [0.3, 0.4) is 0 Å². The summed E-state index contributed by atoms with van der Waals surface area (Å²) in [6, 6.07) is 19.4. The molecule has 24 heavy (non-hydrogen) atoms. The zero-order chi connectivity index (χ0) is 16.8. The number of rotatable bonds is 7. The lowest BCUT2D eigenvalue weighted by molar-refractivity contribution is 0.176. The number of methoxy groups -OCH3 is 1. The maximum absolute atomic E-state index is 10.4. The topological polar surface area (TPSA) is 54.5 Å². The lowest BCUT2D eigenvalue weighted by atomic mass is 10.0. The number of ether oxygens (including phenoxy) is 2. The van der Waals surface area contributed by atoms with Crippen LogP contribution >= 0.6 is 0 Å². The van der Waals surface area contributed by atoms with E-state index < -0.39 is 6.10 Å². The van der Waals surface area contributed by atoms with Crippen LogP contribution in [0.1, 0.15) is 22.9 Å². The molecular weight excluding hydrogens is 302 g/mol. The van der Waals surface area contributed by atoms with Gasteiger partial charge in [-0.25, -0.2) is 0 Å². The van der Waals surface area contributed by atoms with Crippen LogP contribution in [-0.4, -0.2) is 17.2 Å². The second-order valence-corrected chi connectivity index (χ2v) is 5.60. The van der Waals surface area contributed by atoms with Crippen LogP contribution in [0.15, 0.2) is 66.9 Å². The van der Waals surface area contributed by atoms with Crippen molar-refractivity contribution in [2.24, 2.45) is 0 Å². The molecule has 2 aromatic carbocycles. The lowest BCUT2D eigenvalue weighted by Gasteiger charge is -2.15. The molecule has 3 rings (SSSR count). The second-order valence-electron chi connectivity index (χ2n) is 5.60. The van der Waals surface area contributed by atoms with Gasteiger partial charge in [-0.15, -0.1) is 0 Å². The molecule has 0 aliphatic carbocycles. The van der Waals surface area contributed by atoms with Gasteiger partial charge in [0.15, 0.2) is 11.5 Å². The van der Waals surface area contributed by atoms with Gasteiger partial charge in [-0.05, 0) is 35.4 Å². The summed E-state index contributed by atoms with van der Waals surface area (Å²) in [5.41, 5.74) is 2.87. The maximum atomic E-state index is 10.4. The minimum Gasteiger partial charge on any atom is -0.493 e. The number of aliphatic hydroxyl groups excluding tert-OH is 1. The molecule has 0 spiro atoms. The molecule has 0 radical (unpaired) electrons. The minimum absolute atomic E-state index is 0.452. The summed E-state index contributed by atoms with van der Waals surface area (Å²) in [5.74, 6) is 1.28. The minimum atomic E-state index is -0.603. The van der Waals surface area contributed by atoms with Crippen molar-refractivity contribution in [3.63, 3.8) is 0 Å². The van der Waals surface area contributed by atoms with Crippen LogP contribution in [0, 0.1) is 0 Å². The van der Waals surface area contributed by atoms with Crippen molar-refractivity contribution in [3.05, 3.63) is 83.7 Å². The third-order valence-electron chi connectivity index (χ3n) is 3.89. The van der Waals surface area contributed by atoms with Crippen LogP contribution in [0.4, 0.5) is 0 Å². The van der Waals surface area contributed by atoms with E-state index in [1.165, 1.54) is 0 Å². The van der Waals surface area contributed by atoms with Crippen LogP contribution < -0.4 is 9.47 Å². The monoisotopic (exact) mass is 323 g/mol. The molecule has 1 unspecified atom stereocenters. The van der Waals surface area contributed by atoms with Crippen LogP contribution in [0.2, 0.25) is 0 Å². The van der Waals surface area contributed by atoms with Gasteiger partial charge in [0, 0.05) is 18.3 Å². The van der Waals surface area contributed by atoms with Gasteiger partial charge < -0.3 is 19.6 Å². The number of benzene rings is 2. The summed E-state index contributed by atoms with van der Waals surface area (Å²) < 4.78 is 11.3. The Bertz CT molecular complexity index is 754. The molecule has 4 heteroatoms. The van der Waals surface area contributed by atoms with Gasteiger partial charge in [0.25, 0.3) is 0 Å². The standard InChI is InChI=1S/C20H21NO3/c1-23-19-10-9-16(18(22)13-17-8-5-11-21-17)12-20(19)24-14-15-6-3-2-4-7-15/h2-12,18,21-22H,13-14H2,1H3. The predicted molar refractivity (Wildman–Crippen MR) is 93.2 cm³/mol. The van der Waals surface area contributed by atoms with E-state index in [0.717, 1.165) is 16.8 Å². The Morgan fingerprint density at radius 2 is 1.83 bits per heavy atom. The molecule has 1 atom stereocenters. The van der Waals surface area contributed by atoms with Crippen LogP contribution in [0.5, 0.6) is 11.5 Å². The SMILES string of the molecule is COc1ccc(C(O)Cc2ccc[nH]2)cc1OCc1ccccc1. The molecular formula is C20H21NO3. The average Bonchev–Trinajstić information content (AvgIpc) is 3.13. The third-order valence-corrected chi connectivity index (χ3v) is 3.89. The fourth-order valence-corrected chi connectivity index (χ4v) is 2.57. The average molecular weight is 323 g/mol. The zero-order valence-electron chi connectivity index (χ0n) is 13.6. The molecule has 0 saturated heterocycles. The summed E-state index contributed by atoms with van der Waals surface area (Å²) in [6.07, 6.45) is 1.77. The summed E-state index contributed by atoms with van der Waals surface area (Å²) in [7, 11) is 1.61. The molecule has 0 saturated carbocycles. The number of hydrogen-bond donors (Lipinski definition) is 2. The summed E-state index contributed by atoms with van der Waals surface area (Å²) in [5, 5.41) is 10.4. The van der Waals surface area contributed by atoms with Crippen molar-refractivity contribution in [2.75, 3.05) is 7.11 Å². The van der Waals surface area contributed by atoms with E-state index in [2.05, 4.69) is 4.98 Å². The molecule has 1 aromatic heterocycles. The van der Waals surface area contributed by atoms with Crippen LogP contribution in [-0.2, 0) is 13.0 Å². The first-order valence-corrected chi connectivity index (χ1v) is 7.91. The fourth-order valence-electron chi connectivity index (χ4n) is 2.57. The van der Waals surface area contributed by atoms with E-state index >= 15 is 0 Å². The highest BCUT2D eigenvalue weighted by Crippen LogP contribution is 2.31. The molecule has 3 aromatic rings. The first-order chi connectivity index (χ1) is 11.8. The highest BCUT2D eigenvalue weighted by Gasteiger charge is 2.13. The van der Waals surface area contributed by atoms with Crippen molar-refractivity contribution in [3.8, 4) is 11.5 Å². The van der Waals surface area contributed by atoms with E-state index in [1.54, 1.807) is 7.11 Å². The van der Waals surface area contributed by atoms with Crippen LogP contribution in [0.25, 0.3) is 0 Å². The largest absolute Gasteiger partial charge is 0.493 e. The molecule has 124 valence electrons. The highest BCUT2D eigenvalue weighted by molar-refractivity contribution is 5.44. The number of H-pyrrole nitrogens is 1. The van der Waals surface area contributed by atoms with Crippen molar-refractivity contribution in [1.29, 1.82) is 0 Å². The van der Waals surface area contributed by atoms with Gasteiger partial charge in [0.1, 0.15) is 6.61 Å². The van der Waals surface area contributed by atoms with E-state index in [1.807, 2.05) is 66.9 Å². The Morgan fingerprint density at radius 3 is 2.54 bits per heavy atom. The van der Waals surface area contributed by atoms with E-state index in [-0.39, 0.29) is 0 Å². The van der Waals surface area contributed by atoms with Gasteiger partial charge in [-0.2, -0.15) is 0 Å². The fraction of sp³-hybridized carbons (Fsp3) is 0.200. The van der Waals surface area contributed by atoms with Crippen molar-refractivity contribution in [1.82, 2.24) is 4.98 Å². The van der Waals surface area contributed by atoms with Gasteiger partial charge >= 0.3 is 0 Å². The lowest BCUT2D eigenvalue weighted by Crippen LogP contribution is -2.04. The Kier molecular flexibility index (Phi) is 5.18. The van der Waals surface area contributed by atoms with E-state index in [4.69, 9.17) is 9.47 Å². The van der Waals surface area contributed by atoms with E-state index in [9.17, 15) is 5.11 Å². The summed E-state index contributed by atoms with van der Waals surface area (Å²) in [4.78, 5) is 3.11. The summed E-state index contributed by atoms with van der Waals surface area (Å²) >= 11 is 0. The Hall–Kier alpha value is -2.72. The van der Waals surface area contributed by atoms with Crippen molar-refractivity contribution >= 4 is 0 Å². The van der Waals surface area contributed by atoms with E-state index in [0.29, 0.717) is 24.5 Å². The Labute approximate surface area is 141 Å². The smallest absolute Gasteiger partial charge is 0.162 e. The molecule has 2 N–H and O–H groups in total. The number of aliphatic hydroxyl groups is 1. The van der Waals surface area contributed by atoms with Crippen molar-refractivity contribution < 1.29 is 14.6 Å². The molecule has 0 aliphatic heterocycles. The van der Waals surface area contributed by atoms with Gasteiger partial charge in [-0.3, -0.25) is 0 Å². The first-order valence-electron chi connectivity index (χ1n) is 7.91. The normalized spacial score (nSPS) is 11.9. The number of aromatic amines is 1. The maximum Gasteiger partial charge on any atom is 0.162 e. The second kappa shape index (κ2) is 7.70. The van der Waals surface area contributed by atoms with Gasteiger partial charge in [-0.1, -0.05) is 36.4 Å². The Morgan fingerprint density at radius 1 is 1.00 bits per heavy atom.